The zero-order valence-electron chi connectivity index (χ0n) is 20.0. The lowest BCUT2D eigenvalue weighted by Gasteiger charge is -2.28. The Hall–Kier alpha value is -3.32. The molecule has 2 aliphatic heterocycles. The van der Waals surface area contributed by atoms with Crippen molar-refractivity contribution < 1.29 is 23.4 Å². The number of benzene rings is 2. The van der Waals surface area contributed by atoms with E-state index in [1.54, 1.807) is 12.0 Å². The Bertz CT molecular complexity index is 1320. The van der Waals surface area contributed by atoms with E-state index in [-0.39, 0.29) is 23.2 Å². The SMILES string of the molecule is CCOc1ccc(C2c3c(oc4cc(C)cc(C)c4c3=O)C(=O)N2CC2CCCO2)cc1OC. The number of amides is 1. The Morgan fingerprint density at radius 2 is 1.94 bits per heavy atom. The van der Waals surface area contributed by atoms with Crippen molar-refractivity contribution in [3.63, 3.8) is 0 Å². The lowest BCUT2D eigenvalue weighted by atomic mass is 9.96. The van der Waals surface area contributed by atoms with Gasteiger partial charge in [0.1, 0.15) is 5.58 Å². The van der Waals surface area contributed by atoms with E-state index in [2.05, 4.69) is 0 Å². The maximum atomic E-state index is 13.9. The summed E-state index contributed by atoms with van der Waals surface area (Å²) >= 11 is 0. The van der Waals surface area contributed by atoms with Crippen LogP contribution in [0.3, 0.4) is 0 Å². The highest BCUT2D eigenvalue weighted by atomic mass is 16.5. The van der Waals surface area contributed by atoms with Crippen LogP contribution in [-0.4, -0.2) is 43.8 Å². The van der Waals surface area contributed by atoms with Crippen LogP contribution in [0.1, 0.15) is 58.6 Å². The molecule has 2 unspecified atom stereocenters. The molecular formula is C27H29NO6. The summed E-state index contributed by atoms with van der Waals surface area (Å²) in [6.07, 6.45) is 1.76. The molecule has 5 rings (SSSR count). The standard InChI is InChI=1S/C27H29NO6/c1-5-32-19-9-8-17(13-20(19)31-4)24-23-25(29)22-16(3)11-15(2)12-21(22)34-26(23)27(30)28(24)14-18-7-6-10-33-18/h8-9,11-13,18,24H,5-7,10,14H2,1-4H3. The molecule has 0 spiro atoms. The van der Waals surface area contributed by atoms with Crippen molar-refractivity contribution in [1.82, 2.24) is 4.90 Å². The molecule has 1 fully saturated rings. The monoisotopic (exact) mass is 463 g/mol. The number of rotatable bonds is 6. The van der Waals surface area contributed by atoms with Gasteiger partial charge in [-0.05, 0) is 68.5 Å². The average molecular weight is 464 g/mol. The first-order chi connectivity index (χ1) is 16.4. The first kappa shape index (κ1) is 22.5. The van der Waals surface area contributed by atoms with Crippen LogP contribution in [-0.2, 0) is 4.74 Å². The Labute approximate surface area is 198 Å². The highest BCUT2D eigenvalue weighted by molar-refractivity contribution is 5.99. The Balaban J connectivity index is 1.71. The second-order valence-electron chi connectivity index (χ2n) is 8.97. The second kappa shape index (κ2) is 8.80. The Kier molecular flexibility index (Phi) is 5.81. The van der Waals surface area contributed by atoms with Gasteiger partial charge in [0, 0.05) is 13.2 Å². The van der Waals surface area contributed by atoms with E-state index in [9.17, 15) is 9.59 Å². The number of carbonyl (C=O) groups is 1. The van der Waals surface area contributed by atoms with E-state index in [1.807, 2.05) is 51.1 Å². The quantitative estimate of drug-likeness (QED) is 0.534. The lowest BCUT2D eigenvalue weighted by molar-refractivity contribution is 0.0486. The molecule has 3 heterocycles. The molecule has 7 nitrogen and oxygen atoms in total. The van der Waals surface area contributed by atoms with Gasteiger partial charge in [0.25, 0.3) is 5.91 Å². The number of hydrogen-bond acceptors (Lipinski definition) is 6. The maximum absolute atomic E-state index is 13.9. The summed E-state index contributed by atoms with van der Waals surface area (Å²) in [5, 5.41) is 0.513. The highest BCUT2D eigenvalue weighted by Crippen LogP contribution is 2.41. The van der Waals surface area contributed by atoms with E-state index >= 15 is 0 Å². The van der Waals surface area contributed by atoms with Crippen LogP contribution in [0.25, 0.3) is 11.0 Å². The third-order valence-corrected chi connectivity index (χ3v) is 6.64. The largest absolute Gasteiger partial charge is 0.493 e. The van der Waals surface area contributed by atoms with Crippen LogP contribution >= 0.6 is 0 Å². The molecule has 2 aliphatic rings. The van der Waals surface area contributed by atoms with Gasteiger partial charge in [0.2, 0.25) is 5.76 Å². The molecule has 178 valence electrons. The topological polar surface area (TPSA) is 78.2 Å². The summed E-state index contributed by atoms with van der Waals surface area (Å²) in [5.41, 5.74) is 3.21. The van der Waals surface area contributed by atoms with E-state index in [1.165, 1.54) is 0 Å². The predicted octanol–water partition coefficient (Wildman–Crippen LogP) is 4.54. The first-order valence-corrected chi connectivity index (χ1v) is 11.7. The fraction of sp³-hybridized carbons (Fsp3) is 0.407. The molecule has 0 N–H and O–H groups in total. The molecule has 34 heavy (non-hydrogen) atoms. The van der Waals surface area contributed by atoms with Gasteiger partial charge in [-0.25, -0.2) is 0 Å². The number of aryl methyl sites for hydroxylation is 2. The summed E-state index contributed by atoms with van der Waals surface area (Å²) in [4.78, 5) is 29.2. The Morgan fingerprint density at radius 3 is 2.65 bits per heavy atom. The number of ether oxygens (including phenoxy) is 3. The summed E-state index contributed by atoms with van der Waals surface area (Å²) in [6, 6.07) is 8.72. The number of hydrogen-bond donors (Lipinski definition) is 0. The van der Waals surface area contributed by atoms with Gasteiger partial charge in [-0.3, -0.25) is 9.59 Å². The first-order valence-electron chi connectivity index (χ1n) is 11.7. The second-order valence-corrected chi connectivity index (χ2v) is 8.97. The summed E-state index contributed by atoms with van der Waals surface area (Å²) in [7, 11) is 1.58. The summed E-state index contributed by atoms with van der Waals surface area (Å²) < 4.78 is 23.2. The lowest BCUT2D eigenvalue weighted by Crippen LogP contribution is -2.36. The summed E-state index contributed by atoms with van der Waals surface area (Å²) in [6.45, 7) is 7.31. The maximum Gasteiger partial charge on any atom is 0.291 e. The third kappa shape index (κ3) is 3.64. The van der Waals surface area contributed by atoms with Crippen LogP contribution in [0.5, 0.6) is 11.5 Å². The molecular weight excluding hydrogens is 434 g/mol. The smallest absolute Gasteiger partial charge is 0.291 e. The number of carbonyl (C=O) groups excluding carboxylic acids is 1. The molecule has 7 heteroatoms. The molecule has 0 saturated carbocycles. The van der Waals surface area contributed by atoms with Gasteiger partial charge >= 0.3 is 0 Å². The number of nitrogens with zero attached hydrogens (tertiary/aromatic N) is 1. The summed E-state index contributed by atoms with van der Waals surface area (Å²) in [5.74, 6) is 0.981. The molecule has 1 amide bonds. The number of methoxy groups -OCH3 is 1. The molecule has 0 radical (unpaired) electrons. The molecule has 3 aromatic rings. The number of fused-ring (bicyclic) bond motifs is 2. The predicted molar refractivity (Wildman–Crippen MR) is 128 cm³/mol. The molecule has 2 aromatic carbocycles. The zero-order valence-corrected chi connectivity index (χ0v) is 20.0. The highest BCUT2D eigenvalue weighted by Gasteiger charge is 2.44. The van der Waals surface area contributed by atoms with E-state index < -0.39 is 6.04 Å². The zero-order chi connectivity index (χ0) is 24.0. The van der Waals surface area contributed by atoms with Gasteiger partial charge in [0.05, 0.1) is 36.8 Å². The van der Waals surface area contributed by atoms with Crippen molar-refractivity contribution in [2.75, 3.05) is 26.9 Å². The minimum atomic E-state index is -0.599. The third-order valence-electron chi connectivity index (χ3n) is 6.64. The van der Waals surface area contributed by atoms with Crippen LogP contribution in [0.4, 0.5) is 0 Å². The van der Waals surface area contributed by atoms with Crippen molar-refractivity contribution in [2.45, 2.75) is 45.8 Å². The van der Waals surface area contributed by atoms with Crippen molar-refractivity contribution in [3.8, 4) is 11.5 Å². The van der Waals surface area contributed by atoms with Crippen molar-refractivity contribution in [2.24, 2.45) is 0 Å². The van der Waals surface area contributed by atoms with Crippen LogP contribution < -0.4 is 14.9 Å². The van der Waals surface area contributed by atoms with Crippen molar-refractivity contribution in [1.29, 1.82) is 0 Å². The average Bonchev–Trinajstić information content (AvgIpc) is 3.41. The fourth-order valence-corrected chi connectivity index (χ4v) is 5.19. The van der Waals surface area contributed by atoms with Crippen molar-refractivity contribution in [3.05, 3.63) is 68.6 Å². The minimum absolute atomic E-state index is 0.0705. The van der Waals surface area contributed by atoms with Gasteiger partial charge < -0.3 is 23.5 Å². The van der Waals surface area contributed by atoms with Crippen molar-refractivity contribution >= 4 is 16.9 Å². The molecule has 2 atom stereocenters. The Morgan fingerprint density at radius 1 is 1.12 bits per heavy atom. The van der Waals surface area contributed by atoms with Gasteiger partial charge in [-0.15, -0.1) is 0 Å². The molecule has 0 aliphatic carbocycles. The van der Waals surface area contributed by atoms with Gasteiger partial charge in [-0.2, -0.15) is 0 Å². The molecule has 1 saturated heterocycles. The normalized spacial score (nSPS) is 19.6. The van der Waals surface area contributed by atoms with E-state index in [4.69, 9.17) is 18.6 Å². The van der Waals surface area contributed by atoms with E-state index in [0.717, 1.165) is 29.5 Å². The molecule has 1 aromatic heterocycles. The van der Waals surface area contributed by atoms with Crippen LogP contribution in [0.15, 0.2) is 39.5 Å². The molecule has 0 bridgehead atoms. The van der Waals surface area contributed by atoms with Crippen LogP contribution in [0.2, 0.25) is 0 Å². The minimum Gasteiger partial charge on any atom is -0.493 e. The van der Waals surface area contributed by atoms with Gasteiger partial charge in [0.15, 0.2) is 16.9 Å². The fourth-order valence-electron chi connectivity index (χ4n) is 5.19. The van der Waals surface area contributed by atoms with Gasteiger partial charge in [-0.1, -0.05) is 12.1 Å². The van der Waals surface area contributed by atoms with Crippen LogP contribution in [0, 0.1) is 13.8 Å². The van der Waals surface area contributed by atoms with E-state index in [0.29, 0.717) is 47.8 Å².